The Bertz CT molecular complexity index is 703. The number of aldehydes is 1. The van der Waals surface area contributed by atoms with Gasteiger partial charge in [0.15, 0.2) is 12.1 Å². The lowest BCUT2D eigenvalue weighted by Crippen LogP contribution is -2.13. The number of hydrogen-bond acceptors (Lipinski definition) is 3. The largest absolute Gasteiger partial charge is 0.319 e. The Morgan fingerprint density at radius 3 is 2.50 bits per heavy atom. The summed E-state index contributed by atoms with van der Waals surface area (Å²) in [6.45, 7) is 0. The molecule has 0 aliphatic carbocycles. The number of nitriles is 1. The molecule has 0 aliphatic heterocycles. The maximum absolute atomic E-state index is 13.8. The molecular weight excluding hydrogens is 259 g/mol. The number of nitrogens with one attached hydrogen (secondary N) is 1. The second-order valence-electron chi connectivity index (χ2n) is 3.97. The van der Waals surface area contributed by atoms with E-state index in [1.807, 2.05) is 6.07 Å². The zero-order valence-electron chi connectivity index (χ0n) is 10.3. The molecule has 1 amide bonds. The van der Waals surface area contributed by atoms with Crippen LogP contribution >= 0.6 is 0 Å². The Balaban J connectivity index is 2.23. The molecule has 5 heteroatoms. The lowest BCUT2D eigenvalue weighted by molar-refractivity contribution is 0.102. The van der Waals surface area contributed by atoms with Gasteiger partial charge in [-0.05, 0) is 36.4 Å². The van der Waals surface area contributed by atoms with E-state index in [0.29, 0.717) is 17.4 Å². The van der Waals surface area contributed by atoms with Crippen molar-refractivity contribution >= 4 is 17.9 Å². The van der Waals surface area contributed by atoms with Crippen LogP contribution in [0.3, 0.4) is 0 Å². The monoisotopic (exact) mass is 268 g/mol. The van der Waals surface area contributed by atoms with E-state index >= 15 is 0 Å². The Morgan fingerprint density at radius 2 is 1.90 bits per heavy atom. The van der Waals surface area contributed by atoms with Crippen LogP contribution in [-0.4, -0.2) is 12.2 Å². The predicted octanol–water partition coefficient (Wildman–Crippen LogP) is 2.76. The van der Waals surface area contributed by atoms with Gasteiger partial charge in [-0.15, -0.1) is 0 Å². The fourth-order valence-corrected chi connectivity index (χ4v) is 1.63. The van der Waals surface area contributed by atoms with E-state index in [1.54, 1.807) is 0 Å². The van der Waals surface area contributed by atoms with E-state index in [-0.39, 0.29) is 11.3 Å². The van der Waals surface area contributed by atoms with Crippen LogP contribution in [0.15, 0.2) is 42.5 Å². The van der Waals surface area contributed by atoms with Crippen molar-refractivity contribution in [3.63, 3.8) is 0 Å². The van der Waals surface area contributed by atoms with E-state index in [1.165, 1.54) is 42.5 Å². The third kappa shape index (κ3) is 2.70. The molecule has 0 atom stereocenters. The first kappa shape index (κ1) is 13.4. The first-order chi connectivity index (χ1) is 9.65. The van der Waals surface area contributed by atoms with E-state index in [0.717, 1.165) is 0 Å². The number of nitrogens with zero attached hydrogens (tertiary/aromatic N) is 1. The molecule has 0 aliphatic rings. The highest BCUT2D eigenvalue weighted by molar-refractivity contribution is 6.04. The van der Waals surface area contributed by atoms with Crippen molar-refractivity contribution < 1.29 is 14.0 Å². The van der Waals surface area contributed by atoms with Crippen molar-refractivity contribution in [3.05, 3.63) is 65.0 Å². The Morgan fingerprint density at radius 1 is 1.20 bits per heavy atom. The van der Waals surface area contributed by atoms with Crippen LogP contribution in [-0.2, 0) is 0 Å². The Kier molecular flexibility index (Phi) is 3.87. The number of amides is 1. The average Bonchev–Trinajstić information content (AvgIpc) is 2.49. The molecule has 20 heavy (non-hydrogen) atoms. The number of halogens is 1. The molecule has 0 fully saturated rings. The van der Waals surface area contributed by atoms with Crippen molar-refractivity contribution in [1.29, 1.82) is 5.26 Å². The number of rotatable bonds is 3. The zero-order chi connectivity index (χ0) is 14.5. The number of anilines is 1. The van der Waals surface area contributed by atoms with Gasteiger partial charge in [0.2, 0.25) is 0 Å². The zero-order valence-corrected chi connectivity index (χ0v) is 10.3. The first-order valence-electron chi connectivity index (χ1n) is 5.71. The molecule has 0 saturated heterocycles. The minimum Gasteiger partial charge on any atom is -0.319 e. The van der Waals surface area contributed by atoms with Gasteiger partial charge in [0.25, 0.3) is 5.91 Å². The van der Waals surface area contributed by atoms with Crippen LogP contribution in [0, 0.1) is 17.1 Å². The highest BCUT2D eigenvalue weighted by Crippen LogP contribution is 2.17. The summed E-state index contributed by atoms with van der Waals surface area (Å²) in [7, 11) is 0. The van der Waals surface area contributed by atoms with Crippen molar-refractivity contribution in [2.24, 2.45) is 0 Å². The lowest BCUT2D eigenvalue weighted by atomic mass is 10.1. The molecule has 1 N–H and O–H groups in total. The van der Waals surface area contributed by atoms with Gasteiger partial charge in [-0.1, -0.05) is 6.07 Å². The van der Waals surface area contributed by atoms with E-state index < -0.39 is 11.7 Å². The first-order valence-corrected chi connectivity index (χ1v) is 5.71. The molecule has 0 spiro atoms. The quantitative estimate of drug-likeness (QED) is 0.870. The third-order valence-corrected chi connectivity index (χ3v) is 2.68. The maximum atomic E-state index is 13.8. The second-order valence-corrected chi connectivity index (χ2v) is 3.97. The van der Waals surface area contributed by atoms with Crippen LogP contribution in [0.25, 0.3) is 0 Å². The molecule has 0 radical (unpaired) electrons. The highest BCUT2D eigenvalue weighted by atomic mass is 19.1. The van der Waals surface area contributed by atoms with Crippen LogP contribution in [0.4, 0.5) is 10.1 Å². The van der Waals surface area contributed by atoms with Crippen LogP contribution in [0.1, 0.15) is 26.3 Å². The number of carbonyl (C=O) groups excluding carboxylic acids is 2. The molecule has 98 valence electrons. The molecule has 0 unspecified atom stereocenters. The van der Waals surface area contributed by atoms with Gasteiger partial charge in [0.05, 0.1) is 22.9 Å². The minimum absolute atomic E-state index is 0.0658. The van der Waals surface area contributed by atoms with Crippen molar-refractivity contribution in [3.8, 4) is 6.07 Å². The van der Waals surface area contributed by atoms with E-state index in [2.05, 4.69) is 5.32 Å². The molecule has 4 nitrogen and oxygen atoms in total. The molecule has 0 bridgehead atoms. The normalized spacial score (nSPS) is 9.60. The molecule has 0 heterocycles. The molecular formula is C15H9FN2O2. The van der Waals surface area contributed by atoms with E-state index in [9.17, 15) is 14.0 Å². The number of hydrogen-bond donors (Lipinski definition) is 1. The van der Waals surface area contributed by atoms with Crippen molar-refractivity contribution in [2.45, 2.75) is 0 Å². The second kappa shape index (κ2) is 5.76. The summed E-state index contributed by atoms with van der Waals surface area (Å²) in [5, 5.41) is 11.0. The summed E-state index contributed by atoms with van der Waals surface area (Å²) in [6, 6.07) is 12.0. The molecule has 0 saturated carbocycles. The topological polar surface area (TPSA) is 70.0 Å². The SMILES string of the molecule is N#Cc1ccc(C(=O)Nc2cccc(C=O)c2F)cc1. The van der Waals surface area contributed by atoms with Gasteiger partial charge in [-0.3, -0.25) is 9.59 Å². The molecule has 0 aromatic heterocycles. The maximum Gasteiger partial charge on any atom is 0.255 e. The van der Waals surface area contributed by atoms with E-state index in [4.69, 9.17) is 5.26 Å². The molecule has 2 aromatic carbocycles. The molecule has 2 aromatic rings. The number of carbonyl (C=O) groups is 2. The smallest absolute Gasteiger partial charge is 0.255 e. The van der Waals surface area contributed by atoms with Crippen molar-refractivity contribution in [1.82, 2.24) is 0 Å². The van der Waals surface area contributed by atoms with Gasteiger partial charge in [0, 0.05) is 5.56 Å². The van der Waals surface area contributed by atoms with Crippen LogP contribution < -0.4 is 5.32 Å². The van der Waals surface area contributed by atoms with Crippen molar-refractivity contribution in [2.75, 3.05) is 5.32 Å². The van der Waals surface area contributed by atoms with Gasteiger partial charge in [-0.2, -0.15) is 5.26 Å². The molecule has 2 rings (SSSR count). The fraction of sp³-hybridized carbons (Fsp3) is 0. The Labute approximate surface area is 114 Å². The summed E-state index contributed by atoms with van der Waals surface area (Å²) in [5.74, 6) is -1.29. The highest BCUT2D eigenvalue weighted by Gasteiger charge is 2.11. The minimum atomic E-state index is -0.774. The standard InChI is InChI=1S/C15H9FN2O2/c16-14-12(9-19)2-1-3-13(14)18-15(20)11-6-4-10(8-17)5-7-11/h1-7,9H,(H,18,20). The number of benzene rings is 2. The summed E-state index contributed by atoms with van der Waals surface area (Å²) in [4.78, 5) is 22.5. The fourth-order valence-electron chi connectivity index (χ4n) is 1.63. The lowest BCUT2D eigenvalue weighted by Gasteiger charge is -2.07. The van der Waals surface area contributed by atoms with Gasteiger partial charge < -0.3 is 5.32 Å². The van der Waals surface area contributed by atoms with Gasteiger partial charge in [0.1, 0.15) is 0 Å². The van der Waals surface area contributed by atoms with Crippen LogP contribution in [0.5, 0.6) is 0 Å². The van der Waals surface area contributed by atoms with Crippen LogP contribution in [0.2, 0.25) is 0 Å². The Hall–Kier alpha value is -3.00. The summed E-state index contributed by atoms with van der Waals surface area (Å²) >= 11 is 0. The summed E-state index contributed by atoms with van der Waals surface area (Å²) in [6.07, 6.45) is 0.382. The predicted molar refractivity (Wildman–Crippen MR) is 70.9 cm³/mol. The third-order valence-electron chi connectivity index (χ3n) is 2.68. The van der Waals surface area contributed by atoms with Gasteiger partial charge in [-0.25, -0.2) is 4.39 Å². The van der Waals surface area contributed by atoms with Gasteiger partial charge >= 0.3 is 0 Å². The average molecular weight is 268 g/mol. The summed E-state index contributed by atoms with van der Waals surface area (Å²) < 4.78 is 13.8. The summed E-state index contributed by atoms with van der Waals surface area (Å²) in [5.41, 5.74) is 0.530.